The summed E-state index contributed by atoms with van der Waals surface area (Å²) in [5.74, 6) is -0.829. The summed E-state index contributed by atoms with van der Waals surface area (Å²) in [7, 11) is 0. The van der Waals surface area contributed by atoms with Gasteiger partial charge < -0.3 is 4.84 Å². The predicted octanol–water partition coefficient (Wildman–Crippen LogP) is 7.70. The zero-order valence-corrected chi connectivity index (χ0v) is 16.7. The molecule has 1 unspecified atom stereocenters. The summed E-state index contributed by atoms with van der Waals surface area (Å²) in [6.07, 6.45) is -16.2. The van der Waals surface area contributed by atoms with Gasteiger partial charge in [-0.3, -0.25) is 0 Å². The van der Waals surface area contributed by atoms with E-state index in [1.807, 2.05) is 0 Å². The molecule has 2 nitrogen and oxygen atoms in total. The fourth-order valence-electron chi connectivity index (χ4n) is 3.24. The molecule has 0 saturated heterocycles. The summed E-state index contributed by atoms with van der Waals surface area (Å²) in [5, 5.41) is 3.70. The zero-order valence-electron chi connectivity index (χ0n) is 16.0. The highest BCUT2D eigenvalue weighted by Gasteiger charge is 2.40. The van der Waals surface area contributed by atoms with Crippen molar-refractivity contribution in [3.8, 4) is 0 Å². The Balaban J connectivity index is 1.91. The quantitative estimate of drug-likeness (QED) is 0.405. The fraction of sp³-hybridized carbons (Fsp3) is 0.350. The molecule has 0 amide bonds. The molecule has 1 aliphatic rings. The molecule has 2 atom stereocenters. The number of hydrogen-bond acceptors (Lipinski definition) is 2. The highest BCUT2D eigenvalue weighted by molar-refractivity contribution is 6.31. The summed E-state index contributed by atoms with van der Waals surface area (Å²) < 4.78 is 118. The van der Waals surface area contributed by atoms with Crippen LogP contribution in [0.2, 0.25) is 5.02 Å². The average Bonchev–Trinajstić information content (AvgIpc) is 3.01. The standard InChI is InChI=1S/C20H13ClF9NO/c1-9-16(7-10-4-12(18(22,23)24)2-3-15(10)21)31-32-17(9)11-5-13(19(25,26)27)8-14(6-11)20(28,29)30/h2-6,8-9,17H,7H2,1H3/t9-,17?/m1/s1. The lowest BCUT2D eigenvalue weighted by atomic mass is 9.89. The van der Waals surface area contributed by atoms with Gasteiger partial charge in [-0.05, 0) is 47.5 Å². The Morgan fingerprint density at radius 2 is 1.34 bits per heavy atom. The molecule has 0 aromatic heterocycles. The molecular formula is C20H13ClF9NO. The number of nitrogens with zero attached hydrogens (tertiary/aromatic N) is 1. The molecule has 0 saturated carbocycles. The molecule has 0 aliphatic carbocycles. The number of benzene rings is 2. The van der Waals surface area contributed by atoms with Gasteiger partial charge in [-0.25, -0.2) is 0 Å². The Morgan fingerprint density at radius 3 is 1.84 bits per heavy atom. The zero-order chi connectivity index (χ0) is 24.1. The molecule has 0 N–H and O–H groups in total. The van der Waals surface area contributed by atoms with Gasteiger partial charge in [0.1, 0.15) is 0 Å². The minimum atomic E-state index is -5.03. The number of rotatable bonds is 3. The van der Waals surface area contributed by atoms with Gasteiger partial charge in [0.05, 0.1) is 22.4 Å². The van der Waals surface area contributed by atoms with Crippen LogP contribution in [0.5, 0.6) is 0 Å². The van der Waals surface area contributed by atoms with Crippen LogP contribution in [0, 0.1) is 5.92 Å². The van der Waals surface area contributed by atoms with E-state index in [0.29, 0.717) is 12.1 Å². The number of oxime groups is 1. The van der Waals surface area contributed by atoms with Crippen molar-refractivity contribution >= 4 is 17.3 Å². The van der Waals surface area contributed by atoms with Crippen LogP contribution < -0.4 is 0 Å². The maximum absolute atomic E-state index is 13.1. The average molecular weight is 490 g/mol. The topological polar surface area (TPSA) is 21.6 Å². The van der Waals surface area contributed by atoms with Crippen LogP contribution in [0.1, 0.15) is 40.8 Å². The van der Waals surface area contributed by atoms with Gasteiger partial charge >= 0.3 is 18.5 Å². The van der Waals surface area contributed by atoms with E-state index in [-0.39, 0.29) is 28.8 Å². The molecular weight excluding hydrogens is 477 g/mol. The van der Waals surface area contributed by atoms with E-state index < -0.39 is 52.8 Å². The molecule has 0 fully saturated rings. The van der Waals surface area contributed by atoms with Gasteiger partial charge in [0.2, 0.25) is 0 Å². The van der Waals surface area contributed by atoms with E-state index in [0.717, 1.165) is 18.2 Å². The molecule has 0 radical (unpaired) electrons. The van der Waals surface area contributed by atoms with Crippen LogP contribution >= 0.6 is 11.6 Å². The lowest BCUT2D eigenvalue weighted by Crippen LogP contribution is -2.18. The highest BCUT2D eigenvalue weighted by atomic mass is 35.5. The normalized spacial score (nSPS) is 19.7. The summed E-state index contributed by atoms with van der Waals surface area (Å²) in [5.41, 5.74) is -4.22. The van der Waals surface area contributed by atoms with E-state index in [9.17, 15) is 39.5 Å². The Hall–Kier alpha value is -2.43. The van der Waals surface area contributed by atoms with Crippen LogP contribution in [0.15, 0.2) is 41.6 Å². The summed E-state index contributed by atoms with van der Waals surface area (Å²) in [6.45, 7) is 1.44. The third-order valence-electron chi connectivity index (χ3n) is 4.95. The van der Waals surface area contributed by atoms with Gasteiger partial charge in [-0.15, -0.1) is 0 Å². The van der Waals surface area contributed by atoms with Crippen molar-refractivity contribution in [1.82, 2.24) is 0 Å². The Labute approximate surface area is 180 Å². The molecule has 12 heteroatoms. The maximum atomic E-state index is 13.1. The molecule has 2 aromatic rings. The van der Waals surface area contributed by atoms with Crippen molar-refractivity contribution < 1.29 is 44.4 Å². The monoisotopic (exact) mass is 489 g/mol. The van der Waals surface area contributed by atoms with Crippen LogP contribution in [0.4, 0.5) is 39.5 Å². The minimum absolute atomic E-state index is 0.00484. The number of hydrogen-bond donors (Lipinski definition) is 0. The van der Waals surface area contributed by atoms with Crippen LogP contribution in [0.3, 0.4) is 0 Å². The summed E-state index contributed by atoms with van der Waals surface area (Å²) in [6, 6.07) is 3.69. The van der Waals surface area contributed by atoms with Gasteiger partial charge in [-0.1, -0.05) is 23.7 Å². The predicted molar refractivity (Wildman–Crippen MR) is 97.0 cm³/mol. The largest absolute Gasteiger partial charge is 0.416 e. The smallest absolute Gasteiger partial charge is 0.387 e. The molecule has 0 bridgehead atoms. The van der Waals surface area contributed by atoms with Crippen molar-refractivity contribution in [2.45, 2.75) is 38.0 Å². The summed E-state index contributed by atoms with van der Waals surface area (Å²) >= 11 is 5.95. The Kier molecular flexibility index (Phi) is 6.18. The fourth-order valence-corrected chi connectivity index (χ4v) is 3.43. The van der Waals surface area contributed by atoms with Crippen molar-refractivity contribution in [1.29, 1.82) is 0 Å². The Morgan fingerprint density at radius 1 is 0.812 bits per heavy atom. The van der Waals surface area contributed by atoms with E-state index in [1.165, 1.54) is 6.92 Å². The lowest BCUT2D eigenvalue weighted by Gasteiger charge is -2.19. The third-order valence-corrected chi connectivity index (χ3v) is 5.32. The summed E-state index contributed by atoms with van der Waals surface area (Å²) in [4.78, 5) is 5.10. The van der Waals surface area contributed by atoms with E-state index in [4.69, 9.17) is 16.4 Å². The molecule has 2 aromatic carbocycles. The van der Waals surface area contributed by atoms with E-state index >= 15 is 0 Å². The molecule has 0 spiro atoms. The van der Waals surface area contributed by atoms with Gasteiger partial charge in [0.15, 0.2) is 6.10 Å². The van der Waals surface area contributed by atoms with Crippen molar-refractivity contribution in [3.63, 3.8) is 0 Å². The number of halogens is 10. The lowest BCUT2D eigenvalue weighted by molar-refractivity contribution is -0.143. The van der Waals surface area contributed by atoms with Crippen molar-refractivity contribution in [3.05, 3.63) is 69.2 Å². The first kappa shape index (κ1) is 24.2. The highest BCUT2D eigenvalue weighted by Crippen LogP contribution is 2.41. The first-order valence-corrected chi connectivity index (χ1v) is 9.32. The molecule has 32 heavy (non-hydrogen) atoms. The number of alkyl halides is 9. The molecule has 174 valence electrons. The maximum Gasteiger partial charge on any atom is 0.416 e. The van der Waals surface area contributed by atoms with Crippen LogP contribution in [-0.4, -0.2) is 5.71 Å². The van der Waals surface area contributed by atoms with Gasteiger partial charge in [-0.2, -0.15) is 39.5 Å². The second-order valence-corrected chi connectivity index (χ2v) is 7.62. The second kappa shape index (κ2) is 8.17. The second-order valence-electron chi connectivity index (χ2n) is 7.22. The van der Waals surface area contributed by atoms with Crippen molar-refractivity contribution in [2.75, 3.05) is 0 Å². The molecule has 1 heterocycles. The molecule has 3 rings (SSSR count). The third kappa shape index (κ3) is 5.13. The first-order valence-electron chi connectivity index (χ1n) is 8.95. The van der Waals surface area contributed by atoms with Crippen LogP contribution in [-0.2, 0) is 29.8 Å². The first-order chi connectivity index (χ1) is 14.6. The SMILES string of the molecule is C[C@@H]1C(Cc2cc(C(F)(F)F)ccc2Cl)=NOC1c1cc(C(F)(F)F)cc(C(F)(F)F)c1. The van der Waals surface area contributed by atoms with Crippen LogP contribution in [0.25, 0.3) is 0 Å². The van der Waals surface area contributed by atoms with Crippen molar-refractivity contribution in [2.24, 2.45) is 11.1 Å². The minimum Gasteiger partial charge on any atom is -0.387 e. The van der Waals surface area contributed by atoms with E-state index in [1.54, 1.807) is 0 Å². The molecule has 1 aliphatic heterocycles. The van der Waals surface area contributed by atoms with E-state index in [2.05, 4.69) is 5.16 Å². The van der Waals surface area contributed by atoms with Gasteiger partial charge in [0, 0.05) is 17.4 Å². The Bertz CT molecular complexity index is 1010. The van der Waals surface area contributed by atoms with Gasteiger partial charge in [0.25, 0.3) is 0 Å².